The number of ether oxygens (including phenoxy) is 1. The minimum atomic E-state index is -4.78. The lowest BCUT2D eigenvalue weighted by molar-refractivity contribution is -0.138. The van der Waals surface area contributed by atoms with E-state index in [0.29, 0.717) is 23.1 Å². The maximum absolute atomic E-state index is 13.5. The number of carboxylic acid groups (broad SMARTS) is 1. The maximum Gasteiger partial charge on any atom is 0.417 e. The van der Waals surface area contributed by atoms with Crippen LogP contribution in [0.5, 0.6) is 5.75 Å². The van der Waals surface area contributed by atoms with Crippen molar-refractivity contribution >= 4 is 17.7 Å². The van der Waals surface area contributed by atoms with Gasteiger partial charge in [-0.3, -0.25) is 4.79 Å². The summed E-state index contributed by atoms with van der Waals surface area (Å²) in [6.07, 6.45) is -4.61. The number of aliphatic carboxylic acids is 1. The molecule has 1 unspecified atom stereocenters. The minimum absolute atomic E-state index is 0.00767. The molecule has 1 atom stereocenters. The van der Waals surface area contributed by atoms with Crippen molar-refractivity contribution in [2.24, 2.45) is 0 Å². The van der Waals surface area contributed by atoms with Crippen LogP contribution in [-0.4, -0.2) is 28.4 Å². The van der Waals surface area contributed by atoms with Crippen molar-refractivity contribution < 1.29 is 27.8 Å². The monoisotopic (exact) mass is 396 g/mol. The van der Waals surface area contributed by atoms with E-state index in [-0.39, 0.29) is 17.1 Å². The summed E-state index contributed by atoms with van der Waals surface area (Å²) in [5, 5.41) is 17.2. The third-order valence-corrected chi connectivity index (χ3v) is 5.03. The number of hydrogen-bond donors (Lipinski definition) is 1. The molecule has 0 saturated heterocycles. The van der Waals surface area contributed by atoms with E-state index in [1.54, 1.807) is 19.1 Å². The largest absolute Gasteiger partial charge is 0.497 e. The summed E-state index contributed by atoms with van der Waals surface area (Å²) < 4.78 is 45.5. The number of halogens is 3. The molecular weight excluding hydrogens is 381 g/mol. The van der Waals surface area contributed by atoms with Crippen molar-refractivity contribution in [2.75, 3.05) is 7.11 Å². The van der Waals surface area contributed by atoms with Gasteiger partial charge in [0.1, 0.15) is 22.1 Å². The molecule has 0 radical (unpaired) electrons. The van der Waals surface area contributed by atoms with E-state index in [9.17, 15) is 28.3 Å². The van der Waals surface area contributed by atoms with Crippen LogP contribution < -0.4 is 4.74 Å². The Balaban J connectivity index is 2.66. The summed E-state index contributed by atoms with van der Waals surface area (Å²) in [7, 11) is 1.46. The number of methoxy groups -OCH3 is 1. The van der Waals surface area contributed by atoms with Gasteiger partial charge >= 0.3 is 12.1 Å². The average Bonchev–Trinajstić information content (AvgIpc) is 2.64. The number of carbonyl (C=O) groups is 1. The van der Waals surface area contributed by atoms with Crippen LogP contribution >= 0.6 is 11.8 Å². The molecule has 1 heterocycles. The van der Waals surface area contributed by atoms with Crippen molar-refractivity contribution in [1.29, 1.82) is 5.26 Å². The number of thioether (sulfide) groups is 1. The van der Waals surface area contributed by atoms with Crippen LogP contribution in [-0.2, 0) is 11.0 Å². The van der Waals surface area contributed by atoms with E-state index < -0.39 is 28.5 Å². The molecule has 1 aromatic carbocycles. The van der Waals surface area contributed by atoms with Gasteiger partial charge in [-0.2, -0.15) is 18.4 Å². The van der Waals surface area contributed by atoms with Crippen LogP contribution in [0.15, 0.2) is 35.4 Å². The van der Waals surface area contributed by atoms with E-state index >= 15 is 0 Å². The topological polar surface area (TPSA) is 83.2 Å². The van der Waals surface area contributed by atoms with E-state index in [1.807, 2.05) is 0 Å². The van der Waals surface area contributed by atoms with Crippen LogP contribution in [0.4, 0.5) is 13.2 Å². The molecule has 0 spiro atoms. The predicted molar refractivity (Wildman–Crippen MR) is 93.5 cm³/mol. The Morgan fingerprint density at radius 1 is 1.37 bits per heavy atom. The zero-order chi connectivity index (χ0) is 20.2. The van der Waals surface area contributed by atoms with Crippen molar-refractivity contribution in [3.05, 3.63) is 41.5 Å². The fourth-order valence-electron chi connectivity index (χ4n) is 2.29. The van der Waals surface area contributed by atoms with E-state index in [4.69, 9.17) is 4.74 Å². The molecular formula is C18H15F3N2O3S. The molecule has 0 fully saturated rings. The van der Waals surface area contributed by atoms with Crippen molar-refractivity contribution in [1.82, 2.24) is 4.98 Å². The maximum atomic E-state index is 13.5. The number of pyridine rings is 1. The Kier molecular flexibility index (Phi) is 6.33. The Morgan fingerprint density at radius 2 is 2.00 bits per heavy atom. The highest BCUT2D eigenvalue weighted by molar-refractivity contribution is 8.00. The quantitative estimate of drug-likeness (QED) is 0.719. The highest BCUT2D eigenvalue weighted by Gasteiger charge is 2.36. The predicted octanol–water partition coefficient (Wildman–Crippen LogP) is 4.60. The minimum Gasteiger partial charge on any atom is -0.497 e. The van der Waals surface area contributed by atoms with Gasteiger partial charge < -0.3 is 9.84 Å². The van der Waals surface area contributed by atoms with Gasteiger partial charge in [0.25, 0.3) is 0 Å². The van der Waals surface area contributed by atoms with Crippen LogP contribution in [0.1, 0.15) is 24.5 Å². The zero-order valence-corrected chi connectivity index (χ0v) is 15.2. The highest BCUT2D eigenvalue weighted by atomic mass is 32.2. The Labute approximate surface area is 157 Å². The molecule has 2 aromatic rings. The van der Waals surface area contributed by atoms with Crippen LogP contribution in [0.2, 0.25) is 0 Å². The number of alkyl halides is 3. The second kappa shape index (κ2) is 8.31. The van der Waals surface area contributed by atoms with Gasteiger partial charge in [0, 0.05) is 5.56 Å². The van der Waals surface area contributed by atoms with E-state index in [0.717, 1.165) is 6.07 Å². The van der Waals surface area contributed by atoms with Crippen molar-refractivity contribution in [2.45, 2.75) is 29.8 Å². The number of nitriles is 1. The van der Waals surface area contributed by atoms with Gasteiger partial charge in [0.2, 0.25) is 0 Å². The third-order valence-electron chi connectivity index (χ3n) is 3.69. The fraction of sp³-hybridized carbons (Fsp3) is 0.278. The van der Waals surface area contributed by atoms with Crippen molar-refractivity contribution in [3.63, 3.8) is 0 Å². The van der Waals surface area contributed by atoms with Crippen molar-refractivity contribution in [3.8, 4) is 23.1 Å². The zero-order valence-electron chi connectivity index (χ0n) is 14.4. The summed E-state index contributed by atoms with van der Waals surface area (Å²) in [6, 6.07) is 8.54. The molecule has 27 heavy (non-hydrogen) atoms. The summed E-state index contributed by atoms with van der Waals surface area (Å²) in [6.45, 7) is 1.59. The lowest BCUT2D eigenvalue weighted by Gasteiger charge is -2.16. The van der Waals surface area contributed by atoms with Crippen LogP contribution in [0.3, 0.4) is 0 Å². The SMILES string of the molecule is CCC(Sc1nc(-c2ccc(OC)cc2)cc(C(F)(F)F)c1C#N)C(=O)O. The Hall–Kier alpha value is -2.73. The fourth-order valence-corrected chi connectivity index (χ4v) is 3.25. The third kappa shape index (κ3) is 4.71. The van der Waals surface area contributed by atoms with E-state index in [2.05, 4.69) is 4.98 Å². The molecule has 0 aliphatic heterocycles. The summed E-state index contributed by atoms with van der Waals surface area (Å²) in [4.78, 5) is 15.4. The van der Waals surface area contributed by atoms with Crippen LogP contribution in [0, 0.1) is 11.3 Å². The number of aromatic nitrogens is 1. The first-order valence-corrected chi connectivity index (χ1v) is 8.65. The van der Waals surface area contributed by atoms with E-state index in [1.165, 1.54) is 25.3 Å². The Morgan fingerprint density at radius 3 is 2.44 bits per heavy atom. The summed E-state index contributed by atoms with van der Waals surface area (Å²) in [5.41, 5.74) is -1.44. The number of carboxylic acids is 1. The van der Waals surface area contributed by atoms with Gasteiger partial charge in [-0.15, -0.1) is 0 Å². The van der Waals surface area contributed by atoms with Gasteiger partial charge in [0.15, 0.2) is 0 Å². The lowest BCUT2D eigenvalue weighted by atomic mass is 10.1. The van der Waals surface area contributed by atoms with Gasteiger partial charge in [-0.05, 0) is 36.8 Å². The molecule has 0 amide bonds. The molecule has 2 rings (SSSR count). The molecule has 0 aliphatic rings. The first-order valence-electron chi connectivity index (χ1n) is 7.77. The number of nitrogens with zero attached hydrogens (tertiary/aromatic N) is 2. The van der Waals surface area contributed by atoms with Gasteiger partial charge in [-0.1, -0.05) is 18.7 Å². The van der Waals surface area contributed by atoms with Crippen LogP contribution in [0.25, 0.3) is 11.3 Å². The molecule has 1 N–H and O–H groups in total. The normalized spacial score (nSPS) is 12.3. The first-order chi connectivity index (χ1) is 12.7. The smallest absolute Gasteiger partial charge is 0.417 e. The Bertz CT molecular complexity index is 877. The average molecular weight is 396 g/mol. The number of rotatable bonds is 6. The van der Waals surface area contributed by atoms with Gasteiger partial charge in [0.05, 0.1) is 23.9 Å². The molecule has 0 saturated carbocycles. The highest BCUT2D eigenvalue weighted by Crippen LogP contribution is 2.39. The molecule has 0 bridgehead atoms. The molecule has 5 nitrogen and oxygen atoms in total. The summed E-state index contributed by atoms with van der Waals surface area (Å²) >= 11 is 0.637. The molecule has 1 aromatic heterocycles. The second-order valence-electron chi connectivity index (χ2n) is 5.43. The van der Waals surface area contributed by atoms with Gasteiger partial charge in [-0.25, -0.2) is 4.98 Å². The molecule has 9 heteroatoms. The molecule has 142 valence electrons. The lowest BCUT2D eigenvalue weighted by Crippen LogP contribution is -2.17. The first kappa shape index (κ1) is 20.6. The molecule has 0 aliphatic carbocycles. The summed E-state index contributed by atoms with van der Waals surface area (Å²) in [5.74, 6) is -0.661. The number of benzene rings is 1. The second-order valence-corrected chi connectivity index (χ2v) is 6.62. The number of hydrogen-bond acceptors (Lipinski definition) is 5. The standard InChI is InChI=1S/C18H15F3N2O3S/c1-3-15(17(24)25)27-16-12(9-22)13(18(19,20)21)8-14(23-16)10-4-6-11(26-2)7-5-10/h4-8,15H,3H2,1-2H3,(H,24,25).